The van der Waals surface area contributed by atoms with Gasteiger partial charge in [0, 0.05) is 35.1 Å². The monoisotopic (exact) mass is 382 g/mol. The Balaban J connectivity index is 1.70. The lowest BCUT2D eigenvalue weighted by Gasteiger charge is -2.11. The molecule has 7 heteroatoms. The smallest absolute Gasteiger partial charge is 0.134 e. The molecule has 0 saturated heterocycles. The predicted molar refractivity (Wildman–Crippen MR) is 112 cm³/mol. The quantitative estimate of drug-likeness (QED) is 0.566. The van der Waals surface area contributed by atoms with Crippen molar-refractivity contribution in [1.82, 2.24) is 19.9 Å². The van der Waals surface area contributed by atoms with Crippen molar-refractivity contribution in [3.8, 4) is 11.3 Å². The van der Waals surface area contributed by atoms with Crippen LogP contribution in [0.5, 0.6) is 0 Å². The summed E-state index contributed by atoms with van der Waals surface area (Å²) in [5, 5.41) is 7.28. The standard InChI is InChI=1S/C20H23ClN6/c1-27(2)10-4-8-22-19-11-15(7-9-23-19)18-13-20(25-14-24-18)26-17-6-3-5-16(21)12-17/h3,5-7,9,11-14H,4,8,10H2,1-2H3,(H,22,23)(H,24,25,26). The van der Waals surface area contributed by atoms with Gasteiger partial charge in [0.05, 0.1) is 5.69 Å². The van der Waals surface area contributed by atoms with Gasteiger partial charge in [-0.3, -0.25) is 0 Å². The predicted octanol–water partition coefficient (Wildman–Crippen LogP) is 4.30. The highest BCUT2D eigenvalue weighted by molar-refractivity contribution is 6.30. The molecule has 0 unspecified atom stereocenters. The minimum absolute atomic E-state index is 0.674. The van der Waals surface area contributed by atoms with Crippen molar-refractivity contribution in [3.05, 3.63) is 60.0 Å². The molecule has 27 heavy (non-hydrogen) atoms. The molecule has 2 heterocycles. The summed E-state index contributed by atoms with van der Waals surface area (Å²) in [6, 6.07) is 13.4. The van der Waals surface area contributed by atoms with Crippen LogP contribution >= 0.6 is 11.6 Å². The number of nitrogens with one attached hydrogen (secondary N) is 2. The Hall–Kier alpha value is -2.70. The minimum atomic E-state index is 0.674. The van der Waals surface area contributed by atoms with E-state index in [1.54, 1.807) is 12.5 Å². The van der Waals surface area contributed by atoms with E-state index in [1.165, 1.54) is 0 Å². The van der Waals surface area contributed by atoms with Gasteiger partial charge >= 0.3 is 0 Å². The largest absolute Gasteiger partial charge is 0.370 e. The Morgan fingerprint density at radius 1 is 1.00 bits per heavy atom. The van der Waals surface area contributed by atoms with Gasteiger partial charge in [-0.05, 0) is 57.4 Å². The van der Waals surface area contributed by atoms with Crippen molar-refractivity contribution in [1.29, 1.82) is 0 Å². The summed E-state index contributed by atoms with van der Waals surface area (Å²) in [5.74, 6) is 1.55. The molecule has 140 valence electrons. The summed E-state index contributed by atoms with van der Waals surface area (Å²) in [7, 11) is 4.14. The van der Waals surface area contributed by atoms with Crippen LogP contribution in [0.25, 0.3) is 11.3 Å². The van der Waals surface area contributed by atoms with Gasteiger partial charge < -0.3 is 15.5 Å². The molecule has 0 fully saturated rings. The third kappa shape index (κ3) is 5.91. The van der Waals surface area contributed by atoms with Gasteiger partial charge in [-0.1, -0.05) is 17.7 Å². The fourth-order valence-electron chi connectivity index (χ4n) is 2.60. The molecule has 0 saturated carbocycles. The maximum Gasteiger partial charge on any atom is 0.134 e. The zero-order valence-corrected chi connectivity index (χ0v) is 16.2. The van der Waals surface area contributed by atoms with Gasteiger partial charge in [0.25, 0.3) is 0 Å². The van der Waals surface area contributed by atoms with E-state index in [4.69, 9.17) is 11.6 Å². The van der Waals surface area contributed by atoms with Crippen molar-refractivity contribution < 1.29 is 0 Å². The van der Waals surface area contributed by atoms with Gasteiger partial charge in [0.15, 0.2) is 0 Å². The molecule has 6 nitrogen and oxygen atoms in total. The second-order valence-corrected chi connectivity index (χ2v) is 6.87. The third-order valence-electron chi connectivity index (χ3n) is 3.91. The number of hydrogen-bond acceptors (Lipinski definition) is 6. The van der Waals surface area contributed by atoms with Gasteiger partial charge in [0.2, 0.25) is 0 Å². The molecule has 0 amide bonds. The summed E-state index contributed by atoms with van der Waals surface area (Å²) in [6.07, 6.45) is 4.39. The third-order valence-corrected chi connectivity index (χ3v) is 4.14. The molecule has 2 aromatic heterocycles. The Morgan fingerprint density at radius 3 is 2.70 bits per heavy atom. The molecule has 0 spiro atoms. The van der Waals surface area contributed by atoms with E-state index in [0.717, 1.165) is 42.3 Å². The first-order chi connectivity index (χ1) is 13.1. The molecular weight excluding hydrogens is 360 g/mol. The van der Waals surface area contributed by atoms with Crippen LogP contribution in [-0.2, 0) is 0 Å². The Kier molecular flexibility index (Phi) is 6.57. The van der Waals surface area contributed by atoms with Crippen LogP contribution < -0.4 is 10.6 Å². The van der Waals surface area contributed by atoms with E-state index in [-0.39, 0.29) is 0 Å². The number of hydrogen-bond donors (Lipinski definition) is 2. The Morgan fingerprint density at radius 2 is 1.89 bits per heavy atom. The molecule has 2 N–H and O–H groups in total. The SMILES string of the molecule is CN(C)CCCNc1cc(-c2cc(Nc3cccc(Cl)c3)ncn2)ccn1. The van der Waals surface area contributed by atoms with Crippen molar-refractivity contribution in [2.24, 2.45) is 0 Å². The van der Waals surface area contributed by atoms with Crippen molar-refractivity contribution in [3.63, 3.8) is 0 Å². The first-order valence-corrected chi connectivity index (χ1v) is 9.17. The van der Waals surface area contributed by atoms with E-state index in [2.05, 4.69) is 44.6 Å². The molecular formula is C20H23ClN6. The molecule has 1 aromatic carbocycles. The van der Waals surface area contributed by atoms with Crippen molar-refractivity contribution >= 4 is 28.9 Å². The lowest BCUT2D eigenvalue weighted by molar-refractivity contribution is 0.405. The summed E-state index contributed by atoms with van der Waals surface area (Å²) in [4.78, 5) is 15.2. The normalized spacial score (nSPS) is 10.8. The van der Waals surface area contributed by atoms with Crippen LogP contribution in [0.4, 0.5) is 17.3 Å². The van der Waals surface area contributed by atoms with Crippen LogP contribution in [0, 0.1) is 0 Å². The van der Waals surface area contributed by atoms with Gasteiger partial charge in [-0.15, -0.1) is 0 Å². The second-order valence-electron chi connectivity index (χ2n) is 6.44. The Bertz CT molecular complexity index is 884. The second kappa shape index (κ2) is 9.30. The van der Waals surface area contributed by atoms with Gasteiger partial charge in [0.1, 0.15) is 18.0 Å². The molecule has 0 aliphatic rings. The summed E-state index contributed by atoms with van der Waals surface area (Å²) >= 11 is 6.04. The van der Waals surface area contributed by atoms with Crippen LogP contribution in [0.3, 0.4) is 0 Å². The average molecular weight is 383 g/mol. The van der Waals surface area contributed by atoms with Crippen LogP contribution in [0.15, 0.2) is 55.0 Å². The minimum Gasteiger partial charge on any atom is -0.370 e. The molecule has 0 aliphatic carbocycles. The Labute approximate surface area is 164 Å². The summed E-state index contributed by atoms with van der Waals surface area (Å²) in [5.41, 5.74) is 2.69. The summed E-state index contributed by atoms with van der Waals surface area (Å²) < 4.78 is 0. The fourth-order valence-corrected chi connectivity index (χ4v) is 2.79. The zero-order valence-electron chi connectivity index (χ0n) is 15.5. The van der Waals surface area contributed by atoms with Crippen LogP contribution in [0.2, 0.25) is 5.02 Å². The van der Waals surface area contributed by atoms with E-state index in [9.17, 15) is 0 Å². The van der Waals surface area contributed by atoms with Gasteiger partial charge in [-0.2, -0.15) is 0 Å². The van der Waals surface area contributed by atoms with Crippen molar-refractivity contribution in [2.75, 3.05) is 37.8 Å². The van der Waals surface area contributed by atoms with Crippen LogP contribution in [0.1, 0.15) is 6.42 Å². The van der Waals surface area contributed by atoms with E-state index >= 15 is 0 Å². The number of benzene rings is 1. The zero-order chi connectivity index (χ0) is 19.1. The molecule has 0 atom stereocenters. The first kappa shape index (κ1) is 19.1. The number of pyridine rings is 1. The van der Waals surface area contributed by atoms with E-state index in [1.807, 2.05) is 42.5 Å². The molecule has 0 aliphatic heterocycles. The van der Waals surface area contributed by atoms with Crippen LogP contribution in [-0.4, -0.2) is 47.0 Å². The highest BCUT2D eigenvalue weighted by Gasteiger charge is 2.05. The first-order valence-electron chi connectivity index (χ1n) is 8.80. The fraction of sp³-hybridized carbons (Fsp3) is 0.250. The topological polar surface area (TPSA) is 66.0 Å². The number of rotatable bonds is 8. The molecule has 0 bridgehead atoms. The van der Waals surface area contributed by atoms with E-state index < -0.39 is 0 Å². The maximum absolute atomic E-state index is 6.04. The van der Waals surface area contributed by atoms with Gasteiger partial charge in [-0.25, -0.2) is 15.0 Å². The number of nitrogens with zero attached hydrogens (tertiary/aromatic N) is 4. The van der Waals surface area contributed by atoms with Crippen molar-refractivity contribution in [2.45, 2.75) is 6.42 Å². The highest BCUT2D eigenvalue weighted by Crippen LogP contribution is 2.23. The summed E-state index contributed by atoms with van der Waals surface area (Å²) in [6.45, 7) is 1.91. The number of aromatic nitrogens is 3. The number of anilines is 3. The highest BCUT2D eigenvalue weighted by atomic mass is 35.5. The average Bonchev–Trinajstić information content (AvgIpc) is 2.66. The molecule has 3 rings (SSSR count). The molecule has 3 aromatic rings. The maximum atomic E-state index is 6.04. The van der Waals surface area contributed by atoms with E-state index in [0.29, 0.717) is 10.8 Å². The lowest BCUT2D eigenvalue weighted by Crippen LogP contribution is -2.16. The lowest BCUT2D eigenvalue weighted by atomic mass is 10.2. The number of halogens is 1. The molecule has 0 radical (unpaired) electrons.